The van der Waals surface area contributed by atoms with Crippen LogP contribution in [0.15, 0.2) is 54.7 Å². The Balaban J connectivity index is 1.73. The number of hydrogen-bond donors (Lipinski definition) is 2. The van der Waals surface area contributed by atoms with Crippen LogP contribution in [0.3, 0.4) is 0 Å². The van der Waals surface area contributed by atoms with E-state index in [9.17, 15) is 0 Å². The minimum Gasteiger partial charge on any atom is -0.496 e. The van der Waals surface area contributed by atoms with Gasteiger partial charge in [0.15, 0.2) is 5.82 Å². The number of para-hydroxylation sites is 2. The Bertz CT molecular complexity index is 866. The summed E-state index contributed by atoms with van der Waals surface area (Å²) < 4.78 is 5.37. The minimum atomic E-state index is 0.401. The lowest BCUT2D eigenvalue weighted by atomic mass is 10.0. The quantitative estimate of drug-likeness (QED) is 0.660. The molecule has 0 unspecified atom stereocenters. The number of methoxy groups -OCH3 is 1. The molecule has 6 heteroatoms. The Morgan fingerprint density at radius 2 is 1.81 bits per heavy atom. The van der Waals surface area contributed by atoms with Gasteiger partial charge in [-0.3, -0.25) is 0 Å². The van der Waals surface area contributed by atoms with Crippen LogP contribution < -0.4 is 15.4 Å². The van der Waals surface area contributed by atoms with E-state index < -0.39 is 0 Å². The maximum absolute atomic E-state index is 5.37. The average molecular weight is 349 g/mol. The molecule has 6 nitrogen and oxygen atoms in total. The van der Waals surface area contributed by atoms with Gasteiger partial charge in [-0.15, -0.1) is 5.10 Å². The van der Waals surface area contributed by atoms with E-state index in [0.29, 0.717) is 24.2 Å². The fraction of sp³-hybridized carbons (Fsp3) is 0.250. The standard InChI is InChI=1S/C20H23N5O/c1-14(2)16-9-5-6-10-17(16)23-20-24-19(13-22-25-20)21-12-15-8-4-7-11-18(15)26-3/h4-11,13-14H,12H2,1-3H3,(H2,21,23,24,25). The zero-order valence-electron chi connectivity index (χ0n) is 15.2. The van der Waals surface area contributed by atoms with Crippen LogP contribution in [0.25, 0.3) is 0 Å². The van der Waals surface area contributed by atoms with Crippen molar-refractivity contribution in [2.75, 3.05) is 17.7 Å². The molecule has 0 saturated heterocycles. The molecule has 0 bridgehead atoms. The molecule has 26 heavy (non-hydrogen) atoms. The summed E-state index contributed by atoms with van der Waals surface area (Å²) in [6.07, 6.45) is 1.61. The lowest BCUT2D eigenvalue weighted by Crippen LogP contribution is -2.07. The third kappa shape index (κ3) is 4.27. The highest BCUT2D eigenvalue weighted by atomic mass is 16.5. The third-order valence-electron chi connectivity index (χ3n) is 4.04. The van der Waals surface area contributed by atoms with E-state index in [2.05, 4.69) is 45.7 Å². The van der Waals surface area contributed by atoms with Gasteiger partial charge in [0, 0.05) is 17.8 Å². The average Bonchev–Trinajstić information content (AvgIpc) is 2.67. The number of hydrogen-bond acceptors (Lipinski definition) is 6. The van der Waals surface area contributed by atoms with Crippen molar-refractivity contribution in [1.29, 1.82) is 0 Å². The van der Waals surface area contributed by atoms with Gasteiger partial charge >= 0.3 is 0 Å². The van der Waals surface area contributed by atoms with Crippen molar-refractivity contribution >= 4 is 17.5 Å². The molecule has 1 aromatic heterocycles. The van der Waals surface area contributed by atoms with Gasteiger partial charge in [0.2, 0.25) is 5.95 Å². The van der Waals surface area contributed by atoms with E-state index in [1.165, 1.54) is 5.56 Å². The molecule has 0 aliphatic heterocycles. The molecule has 0 radical (unpaired) electrons. The number of benzene rings is 2. The van der Waals surface area contributed by atoms with Gasteiger partial charge in [0.05, 0.1) is 13.3 Å². The van der Waals surface area contributed by atoms with Crippen LogP contribution in [0.1, 0.15) is 30.9 Å². The molecule has 2 N–H and O–H groups in total. The zero-order chi connectivity index (χ0) is 18.4. The third-order valence-corrected chi connectivity index (χ3v) is 4.04. The van der Waals surface area contributed by atoms with Gasteiger partial charge in [0.1, 0.15) is 5.75 Å². The minimum absolute atomic E-state index is 0.401. The number of anilines is 3. The molecule has 2 aromatic carbocycles. The monoisotopic (exact) mass is 349 g/mol. The van der Waals surface area contributed by atoms with Crippen molar-refractivity contribution in [3.63, 3.8) is 0 Å². The second-order valence-electron chi connectivity index (χ2n) is 6.20. The first-order chi connectivity index (χ1) is 12.7. The molecular weight excluding hydrogens is 326 g/mol. The van der Waals surface area contributed by atoms with E-state index in [0.717, 1.165) is 17.0 Å². The van der Waals surface area contributed by atoms with Gasteiger partial charge < -0.3 is 15.4 Å². The van der Waals surface area contributed by atoms with Crippen LogP contribution in [0.5, 0.6) is 5.75 Å². The Morgan fingerprint density at radius 3 is 2.62 bits per heavy atom. The summed E-state index contributed by atoms with van der Waals surface area (Å²) in [6, 6.07) is 16.0. The zero-order valence-corrected chi connectivity index (χ0v) is 15.2. The predicted octanol–water partition coefficient (Wildman–Crippen LogP) is 4.36. The first-order valence-electron chi connectivity index (χ1n) is 8.59. The summed E-state index contributed by atoms with van der Waals surface area (Å²) in [5.41, 5.74) is 3.25. The second kappa shape index (κ2) is 8.29. The maximum Gasteiger partial charge on any atom is 0.249 e. The number of rotatable bonds is 7. The SMILES string of the molecule is COc1ccccc1CNc1cnnc(Nc2ccccc2C(C)C)n1. The van der Waals surface area contributed by atoms with Crippen molar-refractivity contribution in [2.45, 2.75) is 26.3 Å². The van der Waals surface area contributed by atoms with Gasteiger partial charge in [-0.25, -0.2) is 0 Å². The highest BCUT2D eigenvalue weighted by Gasteiger charge is 2.08. The fourth-order valence-electron chi connectivity index (χ4n) is 2.71. The molecule has 3 aromatic rings. The van der Waals surface area contributed by atoms with Crippen LogP contribution in [0.4, 0.5) is 17.5 Å². The molecule has 0 atom stereocenters. The van der Waals surface area contributed by atoms with Gasteiger partial charge in [-0.05, 0) is 23.6 Å². The topological polar surface area (TPSA) is 72.0 Å². The summed E-state index contributed by atoms with van der Waals surface area (Å²) in [5, 5.41) is 14.7. The number of nitrogens with zero attached hydrogens (tertiary/aromatic N) is 3. The van der Waals surface area contributed by atoms with E-state index in [-0.39, 0.29) is 0 Å². The molecule has 0 aliphatic carbocycles. The van der Waals surface area contributed by atoms with E-state index in [4.69, 9.17) is 4.74 Å². The van der Waals surface area contributed by atoms with Crippen LogP contribution in [-0.2, 0) is 6.54 Å². The molecule has 0 amide bonds. The highest BCUT2D eigenvalue weighted by molar-refractivity contribution is 5.59. The largest absolute Gasteiger partial charge is 0.496 e. The Kier molecular flexibility index (Phi) is 5.63. The van der Waals surface area contributed by atoms with Gasteiger partial charge in [0.25, 0.3) is 0 Å². The molecule has 0 spiro atoms. The predicted molar refractivity (Wildman–Crippen MR) is 104 cm³/mol. The van der Waals surface area contributed by atoms with Crippen molar-refractivity contribution in [2.24, 2.45) is 0 Å². The van der Waals surface area contributed by atoms with Crippen molar-refractivity contribution < 1.29 is 4.74 Å². The Labute approximate surface area is 153 Å². The molecule has 1 heterocycles. The fourth-order valence-corrected chi connectivity index (χ4v) is 2.71. The summed E-state index contributed by atoms with van der Waals surface area (Å²) in [4.78, 5) is 4.50. The van der Waals surface area contributed by atoms with Crippen molar-refractivity contribution in [3.8, 4) is 5.75 Å². The molecule has 0 fully saturated rings. The van der Waals surface area contributed by atoms with E-state index >= 15 is 0 Å². The summed E-state index contributed by atoms with van der Waals surface area (Å²) in [6.45, 7) is 4.90. The maximum atomic E-state index is 5.37. The number of nitrogens with one attached hydrogen (secondary N) is 2. The lowest BCUT2D eigenvalue weighted by molar-refractivity contribution is 0.410. The van der Waals surface area contributed by atoms with Crippen LogP contribution in [0.2, 0.25) is 0 Å². The normalized spacial score (nSPS) is 10.6. The smallest absolute Gasteiger partial charge is 0.249 e. The first-order valence-corrected chi connectivity index (χ1v) is 8.59. The first kappa shape index (κ1) is 17.7. The number of aromatic nitrogens is 3. The lowest BCUT2D eigenvalue weighted by Gasteiger charge is -2.14. The van der Waals surface area contributed by atoms with Crippen molar-refractivity contribution in [3.05, 3.63) is 65.9 Å². The van der Waals surface area contributed by atoms with Gasteiger partial charge in [-0.1, -0.05) is 50.2 Å². The molecule has 0 aliphatic rings. The van der Waals surface area contributed by atoms with E-state index in [1.807, 2.05) is 42.5 Å². The molecule has 3 rings (SSSR count). The molecule has 0 saturated carbocycles. The van der Waals surface area contributed by atoms with Crippen LogP contribution >= 0.6 is 0 Å². The molecular formula is C20H23N5O. The second-order valence-corrected chi connectivity index (χ2v) is 6.20. The summed E-state index contributed by atoms with van der Waals surface area (Å²) >= 11 is 0. The Morgan fingerprint density at radius 1 is 1.04 bits per heavy atom. The summed E-state index contributed by atoms with van der Waals surface area (Å²) in [7, 11) is 1.67. The van der Waals surface area contributed by atoms with Crippen LogP contribution in [-0.4, -0.2) is 22.3 Å². The van der Waals surface area contributed by atoms with Gasteiger partial charge in [-0.2, -0.15) is 10.1 Å². The molecule has 134 valence electrons. The number of ether oxygens (including phenoxy) is 1. The van der Waals surface area contributed by atoms with Crippen molar-refractivity contribution in [1.82, 2.24) is 15.2 Å². The Hall–Kier alpha value is -3.15. The van der Waals surface area contributed by atoms with Crippen LogP contribution in [0, 0.1) is 0 Å². The highest BCUT2D eigenvalue weighted by Crippen LogP contribution is 2.25. The summed E-state index contributed by atoms with van der Waals surface area (Å²) in [5.74, 6) is 2.35. The van der Waals surface area contributed by atoms with E-state index in [1.54, 1.807) is 13.3 Å².